The molecule has 1 aliphatic rings. The minimum Gasteiger partial charge on any atom is -0.481 e. The number of hydrogen-bond acceptors (Lipinski definition) is 5. The van der Waals surface area contributed by atoms with Crippen LogP contribution in [0.3, 0.4) is 0 Å². The number of nitro benzene ring substituents is 1. The maximum atomic E-state index is 13.0. The molecule has 2 rings (SSSR count). The lowest BCUT2D eigenvalue weighted by Crippen LogP contribution is -2.34. The Hall–Kier alpha value is -2.85. The molecule has 1 heterocycles. The number of rotatable bonds is 3. The van der Waals surface area contributed by atoms with Gasteiger partial charge in [-0.25, -0.2) is 0 Å². The Morgan fingerprint density at radius 1 is 1.36 bits per heavy atom. The summed E-state index contributed by atoms with van der Waals surface area (Å²) in [6.07, 6.45) is -4.79. The average Bonchev–Trinajstić information content (AvgIpc) is 2.94. The number of carboxylic acids is 1. The van der Waals surface area contributed by atoms with Crippen LogP contribution in [0.2, 0.25) is 0 Å². The van der Waals surface area contributed by atoms with Crippen LogP contribution in [-0.4, -0.2) is 46.1 Å². The van der Waals surface area contributed by atoms with Gasteiger partial charge in [0.25, 0.3) is 11.6 Å². The number of benzene rings is 1. The number of nitrogen functional groups attached to an aromatic ring is 1. The lowest BCUT2D eigenvalue weighted by molar-refractivity contribution is -0.384. The fraction of sp³-hybridized carbons (Fsp3) is 0.429. The number of nitrogens with two attached hydrogens (primary N) is 1. The molecule has 1 aliphatic heterocycles. The van der Waals surface area contributed by atoms with E-state index < -0.39 is 59.3 Å². The summed E-state index contributed by atoms with van der Waals surface area (Å²) in [4.78, 5) is 34.5. The molecule has 3 N–H and O–H groups in total. The second kappa shape index (κ2) is 6.22. The van der Waals surface area contributed by atoms with E-state index in [1.165, 1.54) is 13.0 Å². The number of amides is 1. The van der Waals surface area contributed by atoms with Crippen LogP contribution in [0, 0.1) is 28.9 Å². The molecule has 0 aromatic heterocycles. The summed E-state index contributed by atoms with van der Waals surface area (Å²) < 4.78 is 39.0. The van der Waals surface area contributed by atoms with Crippen molar-refractivity contribution in [3.8, 4) is 0 Å². The van der Waals surface area contributed by atoms with Gasteiger partial charge in [0.2, 0.25) is 0 Å². The molecule has 25 heavy (non-hydrogen) atoms. The highest BCUT2D eigenvalue weighted by Gasteiger charge is 2.53. The number of carbonyl (C=O) groups is 2. The number of nitrogens with zero attached hydrogens (tertiary/aromatic N) is 2. The Morgan fingerprint density at radius 3 is 2.40 bits per heavy atom. The van der Waals surface area contributed by atoms with E-state index in [2.05, 4.69) is 0 Å². The van der Waals surface area contributed by atoms with E-state index >= 15 is 0 Å². The van der Waals surface area contributed by atoms with Crippen LogP contribution >= 0.6 is 0 Å². The van der Waals surface area contributed by atoms with Gasteiger partial charge in [0, 0.05) is 19.2 Å². The molecular formula is C14H14F3N3O5. The van der Waals surface area contributed by atoms with Crippen molar-refractivity contribution in [2.75, 3.05) is 18.8 Å². The van der Waals surface area contributed by atoms with Crippen LogP contribution < -0.4 is 5.73 Å². The third kappa shape index (κ3) is 3.49. The molecule has 1 aromatic rings. The molecule has 0 saturated carbocycles. The predicted octanol–water partition coefficient (Wildman–Crippen LogP) is 1.82. The minimum atomic E-state index is -4.79. The molecule has 8 nitrogen and oxygen atoms in total. The Bertz CT molecular complexity index is 750. The summed E-state index contributed by atoms with van der Waals surface area (Å²) in [5.41, 5.74) is 4.61. The van der Waals surface area contributed by atoms with Crippen LogP contribution in [0.5, 0.6) is 0 Å². The molecule has 0 unspecified atom stereocenters. The van der Waals surface area contributed by atoms with Gasteiger partial charge in [-0.3, -0.25) is 19.7 Å². The van der Waals surface area contributed by atoms with Crippen molar-refractivity contribution in [3.63, 3.8) is 0 Å². The molecule has 11 heteroatoms. The van der Waals surface area contributed by atoms with Crippen LogP contribution in [0.4, 0.5) is 24.5 Å². The van der Waals surface area contributed by atoms with Crippen molar-refractivity contribution in [2.24, 2.45) is 11.8 Å². The first kappa shape index (κ1) is 18.5. The molecule has 0 bridgehead atoms. The van der Waals surface area contributed by atoms with E-state index in [1.807, 2.05) is 0 Å². The summed E-state index contributed by atoms with van der Waals surface area (Å²) in [5, 5.41) is 19.9. The number of alkyl halides is 3. The third-order valence-electron chi connectivity index (χ3n) is 4.07. The van der Waals surface area contributed by atoms with Gasteiger partial charge in [-0.2, -0.15) is 13.2 Å². The molecule has 136 valence electrons. The standard InChI is InChI=1S/C14H14F3N3O5/c1-6-2-7(11(18)10(3-6)20(24)25)12(21)19-4-8(13(22)23)9(5-19)14(15,16)17/h2-3,8-9H,4-5,18H2,1H3,(H,22,23)/t8-,9-/m1/s1. The van der Waals surface area contributed by atoms with E-state index in [0.717, 1.165) is 6.07 Å². The largest absolute Gasteiger partial charge is 0.481 e. The summed E-state index contributed by atoms with van der Waals surface area (Å²) in [5.74, 6) is -6.65. The van der Waals surface area contributed by atoms with Gasteiger partial charge in [0.05, 0.1) is 22.3 Å². The second-order valence-corrected chi connectivity index (χ2v) is 5.81. The predicted molar refractivity (Wildman–Crippen MR) is 78.8 cm³/mol. The zero-order valence-electron chi connectivity index (χ0n) is 12.9. The number of anilines is 1. The topological polar surface area (TPSA) is 127 Å². The minimum absolute atomic E-state index is 0.321. The van der Waals surface area contributed by atoms with Gasteiger partial charge in [-0.15, -0.1) is 0 Å². The smallest absolute Gasteiger partial charge is 0.394 e. The van der Waals surface area contributed by atoms with Crippen molar-refractivity contribution < 1.29 is 32.8 Å². The van der Waals surface area contributed by atoms with Crippen molar-refractivity contribution in [3.05, 3.63) is 33.4 Å². The lowest BCUT2D eigenvalue weighted by Gasteiger charge is -2.19. The van der Waals surface area contributed by atoms with Gasteiger partial charge in [-0.1, -0.05) is 0 Å². The van der Waals surface area contributed by atoms with Crippen molar-refractivity contribution in [1.29, 1.82) is 0 Å². The zero-order valence-corrected chi connectivity index (χ0v) is 12.9. The van der Waals surface area contributed by atoms with Crippen LogP contribution in [-0.2, 0) is 4.79 Å². The van der Waals surface area contributed by atoms with Gasteiger partial charge in [-0.05, 0) is 18.6 Å². The summed E-state index contributed by atoms with van der Waals surface area (Å²) >= 11 is 0. The number of aryl methyl sites for hydroxylation is 1. The number of likely N-dealkylation sites (tertiary alicyclic amines) is 1. The quantitative estimate of drug-likeness (QED) is 0.480. The van der Waals surface area contributed by atoms with Gasteiger partial charge in [0.15, 0.2) is 0 Å². The van der Waals surface area contributed by atoms with E-state index in [9.17, 15) is 32.9 Å². The first-order valence-corrected chi connectivity index (χ1v) is 7.06. The van der Waals surface area contributed by atoms with E-state index in [4.69, 9.17) is 10.8 Å². The fourth-order valence-electron chi connectivity index (χ4n) is 2.83. The number of hydrogen-bond donors (Lipinski definition) is 2. The normalized spacial score (nSPS) is 20.6. The van der Waals surface area contributed by atoms with Crippen LogP contribution in [0.15, 0.2) is 12.1 Å². The number of nitro groups is 1. The van der Waals surface area contributed by atoms with Crippen molar-refractivity contribution >= 4 is 23.3 Å². The lowest BCUT2D eigenvalue weighted by atomic mass is 9.96. The SMILES string of the molecule is Cc1cc(C(=O)N2C[C@@H](C(F)(F)F)[C@H](C(=O)O)C2)c(N)c([N+](=O)[O-])c1. The first-order valence-electron chi connectivity index (χ1n) is 7.06. The molecule has 0 spiro atoms. The van der Waals surface area contributed by atoms with Crippen LogP contribution in [0.25, 0.3) is 0 Å². The Morgan fingerprint density at radius 2 is 1.96 bits per heavy atom. The fourth-order valence-corrected chi connectivity index (χ4v) is 2.83. The zero-order chi connectivity index (χ0) is 19.1. The van der Waals surface area contributed by atoms with Gasteiger partial charge >= 0.3 is 12.1 Å². The van der Waals surface area contributed by atoms with E-state index in [-0.39, 0.29) is 5.56 Å². The first-order chi connectivity index (χ1) is 11.4. The van der Waals surface area contributed by atoms with Crippen molar-refractivity contribution in [1.82, 2.24) is 4.90 Å². The van der Waals surface area contributed by atoms with Gasteiger partial charge in [0.1, 0.15) is 5.69 Å². The third-order valence-corrected chi connectivity index (χ3v) is 4.07. The number of carbonyl (C=O) groups excluding carboxylic acids is 1. The molecular weight excluding hydrogens is 347 g/mol. The van der Waals surface area contributed by atoms with Gasteiger partial charge < -0.3 is 15.7 Å². The molecule has 2 atom stereocenters. The molecule has 0 aliphatic carbocycles. The Balaban J connectivity index is 2.39. The second-order valence-electron chi connectivity index (χ2n) is 5.81. The number of aliphatic carboxylic acids is 1. The van der Waals surface area contributed by atoms with E-state index in [1.54, 1.807) is 0 Å². The summed E-state index contributed by atoms with van der Waals surface area (Å²) in [6, 6.07) is 2.36. The molecule has 1 amide bonds. The maximum absolute atomic E-state index is 13.0. The molecule has 1 saturated heterocycles. The Kier molecular flexibility index (Phi) is 4.60. The van der Waals surface area contributed by atoms with E-state index in [0.29, 0.717) is 10.5 Å². The molecule has 0 radical (unpaired) electrons. The highest BCUT2D eigenvalue weighted by atomic mass is 19.4. The molecule has 1 aromatic carbocycles. The van der Waals surface area contributed by atoms with Crippen LogP contribution in [0.1, 0.15) is 15.9 Å². The number of halogens is 3. The molecule has 1 fully saturated rings. The highest BCUT2D eigenvalue weighted by molar-refractivity contribution is 6.01. The number of carboxylic acid groups (broad SMARTS) is 1. The van der Waals surface area contributed by atoms with Crippen molar-refractivity contribution in [2.45, 2.75) is 13.1 Å². The summed E-state index contributed by atoms with van der Waals surface area (Å²) in [6.45, 7) is -0.0359. The Labute approximate surface area is 139 Å². The summed E-state index contributed by atoms with van der Waals surface area (Å²) in [7, 11) is 0. The average molecular weight is 361 g/mol. The highest BCUT2D eigenvalue weighted by Crippen LogP contribution is 2.39. The monoisotopic (exact) mass is 361 g/mol. The maximum Gasteiger partial charge on any atom is 0.394 e.